The molecule has 0 spiro atoms. The predicted octanol–water partition coefficient (Wildman–Crippen LogP) is -1.57. The Hall–Kier alpha value is -0.210. The van der Waals surface area contributed by atoms with Crippen molar-refractivity contribution < 1.29 is 8.42 Å². The van der Waals surface area contributed by atoms with Crippen molar-refractivity contribution in [2.75, 3.05) is 46.3 Å². The first-order valence-corrected chi connectivity index (χ1v) is 7.28. The monoisotopic (exact) mass is 248 g/mol. The lowest BCUT2D eigenvalue weighted by Gasteiger charge is -2.32. The lowest BCUT2D eigenvalue weighted by atomic mass is 10.4. The van der Waals surface area contributed by atoms with Crippen molar-refractivity contribution in [1.29, 1.82) is 0 Å². The van der Waals surface area contributed by atoms with Gasteiger partial charge in [-0.05, 0) is 20.0 Å². The van der Waals surface area contributed by atoms with Gasteiger partial charge < -0.3 is 10.2 Å². The predicted molar refractivity (Wildman–Crippen MR) is 62.4 cm³/mol. The topological polar surface area (TPSA) is 64.7 Å². The SMILES string of the molecule is CN1CCN(NS(=O)(=O)C2CCNC2)CC1. The van der Waals surface area contributed by atoms with Gasteiger partial charge in [-0.1, -0.05) is 0 Å². The van der Waals surface area contributed by atoms with Crippen LogP contribution in [0.1, 0.15) is 6.42 Å². The van der Waals surface area contributed by atoms with Crippen molar-refractivity contribution in [3.63, 3.8) is 0 Å². The standard InChI is InChI=1S/C9H20N4O2S/c1-12-4-6-13(7-5-12)11-16(14,15)9-2-3-10-8-9/h9-11H,2-8H2,1H3. The summed E-state index contributed by atoms with van der Waals surface area (Å²) in [6.07, 6.45) is 0.711. The van der Waals surface area contributed by atoms with E-state index in [1.807, 2.05) is 12.1 Å². The quantitative estimate of drug-likeness (QED) is 0.632. The molecule has 0 radical (unpaired) electrons. The molecule has 2 saturated heterocycles. The molecule has 16 heavy (non-hydrogen) atoms. The van der Waals surface area contributed by atoms with E-state index < -0.39 is 10.0 Å². The van der Waals surface area contributed by atoms with Crippen molar-refractivity contribution in [3.05, 3.63) is 0 Å². The van der Waals surface area contributed by atoms with Gasteiger partial charge in [-0.15, -0.1) is 4.83 Å². The normalized spacial score (nSPS) is 29.7. The number of hydrogen-bond acceptors (Lipinski definition) is 5. The van der Waals surface area contributed by atoms with Crippen LogP contribution in [0.15, 0.2) is 0 Å². The zero-order valence-electron chi connectivity index (χ0n) is 9.65. The van der Waals surface area contributed by atoms with Gasteiger partial charge in [0.2, 0.25) is 10.0 Å². The van der Waals surface area contributed by atoms with E-state index in [0.29, 0.717) is 13.0 Å². The summed E-state index contributed by atoms with van der Waals surface area (Å²) in [5.74, 6) is 0. The summed E-state index contributed by atoms with van der Waals surface area (Å²) in [6, 6.07) is 0. The highest BCUT2D eigenvalue weighted by Crippen LogP contribution is 2.09. The van der Waals surface area contributed by atoms with Crippen molar-refractivity contribution >= 4 is 10.0 Å². The Balaban J connectivity index is 1.88. The summed E-state index contributed by atoms with van der Waals surface area (Å²) in [5.41, 5.74) is 0. The lowest BCUT2D eigenvalue weighted by Crippen LogP contribution is -2.54. The van der Waals surface area contributed by atoms with Crippen molar-refractivity contribution in [2.45, 2.75) is 11.7 Å². The minimum Gasteiger partial charge on any atom is -0.315 e. The van der Waals surface area contributed by atoms with Gasteiger partial charge in [-0.25, -0.2) is 13.4 Å². The van der Waals surface area contributed by atoms with E-state index in [9.17, 15) is 8.42 Å². The van der Waals surface area contributed by atoms with Crippen LogP contribution in [0.25, 0.3) is 0 Å². The molecule has 2 rings (SSSR count). The van der Waals surface area contributed by atoms with E-state index >= 15 is 0 Å². The molecule has 2 aliphatic heterocycles. The molecule has 0 amide bonds. The summed E-state index contributed by atoms with van der Waals surface area (Å²) in [7, 11) is -1.13. The molecule has 2 fully saturated rings. The van der Waals surface area contributed by atoms with Crippen LogP contribution in [0.2, 0.25) is 0 Å². The highest BCUT2D eigenvalue weighted by Gasteiger charge is 2.30. The molecule has 7 heteroatoms. The van der Waals surface area contributed by atoms with E-state index in [-0.39, 0.29) is 5.25 Å². The highest BCUT2D eigenvalue weighted by molar-refractivity contribution is 7.90. The molecule has 0 aromatic rings. The number of hydrogen-bond donors (Lipinski definition) is 2. The van der Waals surface area contributed by atoms with Gasteiger partial charge >= 0.3 is 0 Å². The number of sulfonamides is 1. The minimum absolute atomic E-state index is 0.271. The third-order valence-electron chi connectivity index (χ3n) is 3.21. The second-order valence-corrected chi connectivity index (χ2v) is 6.48. The van der Waals surface area contributed by atoms with Gasteiger partial charge in [-0.3, -0.25) is 0 Å². The molecule has 0 aromatic carbocycles. The number of likely N-dealkylation sites (N-methyl/N-ethyl adjacent to an activating group) is 1. The van der Waals surface area contributed by atoms with Gasteiger partial charge in [0, 0.05) is 32.7 Å². The molecule has 0 bridgehead atoms. The van der Waals surface area contributed by atoms with Crippen molar-refractivity contribution in [1.82, 2.24) is 20.1 Å². The molecule has 0 aliphatic carbocycles. The fourth-order valence-electron chi connectivity index (χ4n) is 2.05. The molecule has 1 atom stereocenters. The maximum atomic E-state index is 12.0. The summed E-state index contributed by atoms with van der Waals surface area (Å²) in [6.45, 7) is 4.71. The number of piperazine rings is 1. The van der Waals surface area contributed by atoms with Crippen LogP contribution in [-0.4, -0.2) is 69.9 Å². The van der Waals surface area contributed by atoms with E-state index in [2.05, 4.69) is 15.0 Å². The van der Waals surface area contributed by atoms with E-state index in [0.717, 1.165) is 32.7 Å². The Labute approximate surface area is 97.0 Å². The highest BCUT2D eigenvalue weighted by atomic mass is 32.2. The van der Waals surface area contributed by atoms with Crippen LogP contribution in [0.3, 0.4) is 0 Å². The molecule has 2 aliphatic rings. The van der Waals surface area contributed by atoms with Crippen LogP contribution in [0, 0.1) is 0 Å². The van der Waals surface area contributed by atoms with Gasteiger partial charge in [0.1, 0.15) is 0 Å². The summed E-state index contributed by atoms with van der Waals surface area (Å²) in [5, 5.41) is 4.62. The molecule has 2 heterocycles. The fourth-order valence-corrected chi connectivity index (χ4v) is 3.50. The van der Waals surface area contributed by atoms with Crippen molar-refractivity contribution in [2.24, 2.45) is 0 Å². The van der Waals surface area contributed by atoms with E-state index in [1.165, 1.54) is 0 Å². The molecule has 94 valence electrons. The average Bonchev–Trinajstić information content (AvgIpc) is 2.75. The molecule has 6 nitrogen and oxygen atoms in total. The number of rotatable bonds is 3. The molecule has 0 aromatic heterocycles. The average molecular weight is 248 g/mol. The summed E-state index contributed by atoms with van der Waals surface area (Å²) in [4.78, 5) is 4.89. The smallest absolute Gasteiger partial charge is 0.228 e. The van der Waals surface area contributed by atoms with Crippen LogP contribution in [0.5, 0.6) is 0 Å². The third kappa shape index (κ3) is 2.92. The first kappa shape index (κ1) is 12.3. The fraction of sp³-hybridized carbons (Fsp3) is 1.00. The minimum atomic E-state index is -3.18. The van der Waals surface area contributed by atoms with Gasteiger partial charge in [0.05, 0.1) is 5.25 Å². The Bertz CT molecular complexity index is 318. The Morgan fingerprint density at radius 2 is 1.94 bits per heavy atom. The van der Waals surface area contributed by atoms with Gasteiger partial charge in [0.15, 0.2) is 0 Å². The number of nitrogens with zero attached hydrogens (tertiary/aromatic N) is 2. The Kier molecular flexibility index (Phi) is 3.81. The molecular formula is C9H20N4O2S. The zero-order valence-corrected chi connectivity index (χ0v) is 10.5. The number of hydrazine groups is 1. The summed E-state index contributed by atoms with van der Waals surface area (Å²) >= 11 is 0. The molecule has 2 N–H and O–H groups in total. The van der Waals surface area contributed by atoms with Crippen LogP contribution < -0.4 is 10.1 Å². The Morgan fingerprint density at radius 1 is 1.25 bits per heavy atom. The van der Waals surface area contributed by atoms with E-state index in [4.69, 9.17) is 0 Å². The third-order valence-corrected chi connectivity index (χ3v) is 5.01. The lowest BCUT2D eigenvalue weighted by molar-refractivity contribution is 0.134. The van der Waals surface area contributed by atoms with Crippen LogP contribution in [0.4, 0.5) is 0 Å². The molecular weight excluding hydrogens is 228 g/mol. The maximum absolute atomic E-state index is 12.0. The van der Waals surface area contributed by atoms with Gasteiger partial charge in [-0.2, -0.15) is 0 Å². The second kappa shape index (κ2) is 4.97. The van der Waals surface area contributed by atoms with E-state index in [1.54, 1.807) is 0 Å². The Morgan fingerprint density at radius 3 is 2.50 bits per heavy atom. The molecule has 0 saturated carbocycles. The molecule has 1 unspecified atom stereocenters. The van der Waals surface area contributed by atoms with Crippen LogP contribution in [-0.2, 0) is 10.0 Å². The second-order valence-electron chi connectivity index (χ2n) is 4.54. The first-order chi connectivity index (χ1) is 7.58. The zero-order chi connectivity index (χ0) is 11.6. The maximum Gasteiger partial charge on any atom is 0.228 e. The first-order valence-electron chi connectivity index (χ1n) is 5.73. The number of nitrogens with one attached hydrogen (secondary N) is 2. The largest absolute Gasteiger partial charge is 0.315 e. The van der Waals surface area contributed by atoms with Crippen molar-refractivity contribution in [3.8, 4) is 0 Å². The van der Waals surface area contributed by atoms with Gasteiger partial charge in [0.25, 0.3) is 0 Å². The summed E-state index contributed by atoms with van der Waals surface area (Å²) < 4.78 is 24.0. The van der Waals surface area contributed by atoms with Crippen LogP contribution >= 0.6 is 0 Å².